The van der Waals surface area contributed by atoms with E-state index in [-0.39, 0.29) is 18.0 Å². The highest BCUT2D eigenvalue weighted by Crippen LogP contribution is 2.13. The third kappa shape index (κ3) is 4.38. The number of anilines is 1. The minimum atomic E-state index is -3.27. The molecule has 0 spiro atoms. The van der Waals surface area contributed by atoms with Crippen LogP contribution in [0.15, 0.2) is 18.5 Å². The summed E-state index contributed by atoms with van der Waals surface area (Å²) in [5, 5.41) is 2.16. The fourth-order valence-electron chi connectivity index (χ4n) is 2.11. The molecular formula is C13H21N5O3S. The number of urea groups is 1. The van der Waals surface area contributed by atoms with Crippen LogP contribution < -0.4 is 10.0 Å². The van der Waals surface area contributed by atoms with Gasteiger partial charge in [0.15, 0.2) is 0 Å². The van der Waals surface area contributed by atoms with Crippen LogP contribution in [0.1, 0.15) is 26.7 Å². The number of carbonyl (C=O) groups excluding carboxylic acids is 1. The number of hydrogen-bond donors (Lipinski definition) is 2. The molecule has 0 aliphatic carbocycles. The van der Waals surface area contributed by atoms with Crippen molar-refractivity contribution in [3.8, 4) is 0 Å². The standard InChI is InChI=1S/C13H21N5O3S/c1-10(2)22(20,21)17-11-4-8-18(9-5-11)13(19)16-12-14-6-3-7-15-12/h3,6-7,10-11,17H,4-5,8-9H2,1-2H3,(H,14,15,16,19). The molecule has 8 nitrogen and oxygen atoms in total. The van der Waals surface area contributed by atoms with E-state index in [2.05, 4.69) is 20.0 Å². The van der Waals surface area contributed by atoms with Crippen LogP contribution in [0.4, 0.5) is 10.7 Å². The first-order valence-electron chi connectivity index (χ1n) is 7.22. The van der Waals surface area contributed by atoms with Crippen molar-refractivity contribution in [2.45, 2.75) is 38.0 Å². The van der Waals surface area contributed by atoms with E-state index in [1.807, 2.05) is 0 Å². The highest BCUT2D eigenvalue weighted by atomic mass is 32.2. The van der Waals surface area contributed by atoms with Crippen molar-refractivity contribution in [2.24, 2.45) is 0 Å². The largest absolute Gasteiger partial charge is 0.324 e. The van der Waals surface area contributed by atoms with E-state index in [0.29, 0.717) is 25.9 Å². The molecule has 122 valence electrons. The molecule has 1 fully saturated rings. The van der Waals surface area contributed by atoms with E-state index in [1.54, 1.807) is 37.2 Å². The monoisotopic (exact) mass is 327 g/mol. The lowest BCUT2D eigenvalue weighted by Gasteiger charge is -2.32. The van der Waals surface area contributed by atoms with E-state index in [0.717, 1.165) is 0 Å². The lowest BCUT2D eigenvalue weighted by molar-refractivity contribution is 0.192. The van der Waals surface area contributed by atoms with Crippen molar-refractivity contribution < 1.29 is 13.2 Å². The molecule has 1 aliphatic rings. The summed E-state index contributed by atoms with van der Waals surface area (Å²) < 4.78 is 26.4. The summed E-state index contributed by atoms with van der Waals surface area (Å²) in [6.07, 6.45) is 4.29. The SMILES string of the molecule is CC(C)S(=O)(=O)NC1CCN(C(=O)Nc2ncccn2)CC1. The first-order chi connectivity index (χ1) is 10.4. The van der Waals surface area contributed by atoms with Gasteiger partial charge in [0.2, 0.25) is 16.0 Å². The van der Waals surface area contributed by atoms with Gasteiger partial charge in [-0.15, -0.1) is 0 Å². The van der Waals surface area contributed by atoms with E-state index < -0.39 is 15.3 Å². The average Bonchev–Trinajstić information content (AvgIpc) is 2.48. The van der Waals surface area contributed by atoms with Crippen molar-refractivity contribution in [3.63, 3.8) is 0 Å². The number of likely N-dealkylation sites (tertiary alicyclic amines) is 1. The summed E-state index contributed by atoms with van der Waals surface area (Å²) >= 11 is 0. The van der Waals surface area contributed by atoms with Crippen molar-refractivity contribution in [1.82, 2.24) is 19.6 Å². The Morgan fingerprint density at radius 2 is 1.86 bits per heavy atom. The molecule has 0 radical (unpaired) electrons. The van der Waals surface area contributed by atoms with Crippen LogP contribution >= 0.6 is 0 Å². The number of amides is 2. The van der Waals surface area contributed by atoms with E-state index in [4.69, 9.17) is 0 Å². The first kappa shape index (κ1) is 16.6. The minimum absolute atomic E-state index is 0.121. The number of hydrogen-bond acceptors (Lipinski definition) is 5. The number of nitrogens with one attached hydrogen (secondary N) is 2. The molecule has 0 atom stereocenters. The lowest BCUT2D eigenvalue weighted by atomic mass is 10.1. The number of rotatable bonds is 4. The summed E-state index contributed by atoms with van der Waals surface area (Å²) in [7, 11) is -3.27. The molecule has 1 aromatic heterocycles. The fraction of sp³-hybridized carbons (Fsp3) is 0.615. The molecule has 0 aromatic carbocycles. The summed E-state index contributed by atoms with van der Waals surface area (Å²) in [6.45, 7) is 4.27. The van der Waals surface area contributed by atoms with Crippen molar-refractivity contribution >= 4 is 22.0 Å². The van der Waals surface area contributed by atoms with Crippen molar-refractivity contribution in [3.05, 3.63) is 18.5 Å². The third-order valence-corrected chi connectivity index (χ3v) is 5.42. The molecule has 1 aromatic rings. The van der Waals surface area contributed by atoms with E-state index in [1.165, 1.54) is 0 Å². The van der Waals surface area contributed by atoms with Crippen LogP contribution in [0.5, 0.6) is 0 Å². The van der Waals surface area contributed by atoms with Crippen LogP contribution in [0.25, 0.3) is 0 Å². The maximum Gasteiger partial charge on any atom is 0.324 e. The van der Waals surface area contributed by atoms with Gasteiger partial charge in [0, 0.05) is 31.5 Å². The predicted octanol–water partition coefficient (Wildman–Crippen LogP) is 0.801. The number of aromatic nitrogens is 2. The molecule has 0 saturated carbocycles. The van der Waals surface area contributed by atoms with Gasteiger partial charge in [0.05, 0.1) is 5.25 Å². The average molecular weight is 327 g/mol. The van der Waals surface area contributed by atoms with Gasteiger partial charge in [-0.1, -0.05) is 0 Å². The highest BCUT2D eigenvalue weighted by Gasteiger charge is 2.27. The van der Waals surface area contributed by atoms with Crippen LogP contribution in [0.2, 0.25) is 0 Å². The zero-order chi connectivity index (χ0) is 16.2. The van der Waals surface area contributed by atoms with Crippen molar-refractivity contribution in [1.29, 1.82) is 0 Å². The van der Waals surface area contributed by atoms with Gasteiger partial charge in [0.1, 0.15) is 0 Å². The van der Waals surface area contributed by atoms with Gasteiger partial charge >= 0.3 is 6.03 Å². The molecule has 22 heavy (non-hydrogen) atoms. The van der Waals surface area contributed by atoms with Gasteiger partial charge in [-0.3, -0.25) is 5.32 Å². The van der Waals surface area contributed by atoms with Crippen molar-refractivity contribution in [2.75, 3.05) is 18.4 Å². The Morgan fingerprint density at radius 1 is 1.27 bits per heavy atom. The second kappa shape index (κ2) is 7.01. The van der Waals surface area contributed by atoms with Gasteiger partial charge in [-0.25, -0.2) is 27.9 Å². The van der Waals surface area contributed by atoms with Gasteiger partial charge in [0.25, 0.3) is 0 Å². The number of carbonyl (C=O) groups is 1. The number of piperidine rings is 1. The zero-order valence-corrected chi connectivity index (χ0v) is 13.5. The van der Waals surface area contributed by atoms with Gasteiger partial charge in [-0.2, -0.15) is 0 Å². The minimum Gasteiger partial charge on any atom is -0.324 e. The maximum absolute atomic E-state index is 12.1. The van der Waals surface area contributed by atoms with Crippen LogP contribution in [-0.4, -0.2) is 53.7 Å². The van der Waals surface area contributed by atoms with Crippen LogP contribution in [0.3, 0.4) is 0 Å². The molecule has 2 heterocycles. The third-order valence-electron chi connectivity index (χ3n) is 3.52. The van der Waals surface area contributed by atoms with E-state index >= 15 is 0 Å². The predicted molar refractivity (Wildman–Crippen MR) is 82.8 cm³/mol. The zero-order valence-electron chi connectivity index (χ0n) is 12.7. The Labute approximate surface area is 130 Å². The lowest BCUT2D eigenvalue weighted by Crippen LogP contribution is -2.48. The first-order valence-corrected chi connectivity index (χ1v) is 8.77. The fourth-order valence-corrected chi connectivity index (χ4v) is 3.08. The molecule has 2 rings (SSSR count). The summed E-state index contributed by atoms with van der Waals surface area (Å²) in [4.78, 5) is 21.6. The normalized spacial score (nSPS) is 16.8. The second-order valence-corrected chi connectivity index (χ2v) is 7.74. The van der Waals surface area contributed by atoms with Gasteiger partial charge in [-0.05, 0) is 32.8 Å². The Hall–Kier alpha value is -1.74. The molecule has 2 amide bonds. The van der Waals surface area contributed by atoms with Crippen LogP contribution in [-0.2, 0) is 10.0 Å². The summed E-state index contributed by atoms with van der Waals surface area (Å²) in [5.41, 5.74) is 0. The quantitative estimate of drug-likeness (QED) is 0.851. The summed E-state index contributed by atoms with van der Waals surface area (Å²) in [5.74, 6) is 0.259. The van der Waals surface area contributed by atoms with Gasteiger partial charge < -0.3 is 4.90 Å². The number of nitrogens with zero attached hydrogens (tertiary/aromatic N) is 3. The second-order valence-electron chi connectivity index (χ2n) is 5.48. The number of sulfonamides is 1. The van der Waals surface area contributed by atoms with Crippen LogP contribution in [0, 0.1) is 0 Å². The maximum atomic E-state index is 12.1. The molecule has 0 bridgehead atoms. The molecular weight excluding hydrogens is 306 g/mol. The molecule has 1 saturated heterocycles. The Kier molecular flexibility index (Phi) is 5.30. The molecule has 2 N–H and O–H groups in total. The molecule has 9 heteroatoms. The van der Waals surface area contributed by atoms with E-state index in [9.17, 15) is 13.2 Å². The smallest absolute Gasteiger partial charge is 0.324 e. The Bertz CT molecular complexity index is 597. The Morgan fingerprint density at radius 3 is 2.41 bits per heavy atom. The summed E-state index contributed by atoms with van der Waals surface area (Å²) in [6, 6.07) is 1.28. The topological polar surface area (TPSA) is 104 Å². The Balaban J connectivity index is 1.83. The highest BCUT2D eigenvalue weighted by molar-refractivity contribution is 7.90. The molecule has 1 aliphatic heterocycles. The molecule has 0 unspecified atom stereocenters.